The minimum atomic E-state index is -0.0939. The molecule has 3 aromatic heterocycles. The number of benzene rings is 2. The zero-order valence-electron chi connectivity index (χ0n) is 17.6. The molecule has 0 unspecified atom stereocenters. The Bertz CT molecular complexity index is 1520. The van der Waals surface area contributed by atoms with Gasteiger partial charge in [-0.25, -0.2) is 15.0 Å². The molecule has 2 aromatic carbocycles. The van der Waals surface area contributed by atoms with Crippen LogP contribution in [0.15, 0.2) is 53.3 Å². The summed E-state index contributed by atoms with van der Waals surface area (Å²) in [5.74, 6) is 1.15. The van der Waals surface area contributed by atoms with E-state index in [2.05, 4.69) is 13.8 Å². The summed E-state index contributed by atoms with van der Waals surface area (Å²) in [6.45, 7) is 6.78. The molecule has 0 bridgehead atoms. The van der Waals surface area contributed by atoms with E-state index in [1.807, 2.05) is 60.0 Å². The number of rotatable bonds is 4. The standard InChI is InChI=1S/C24H22ClN5O/c1-14(2)12-13-29-15(3)26-22-20(24(29)31)21-23(28-18-10-6-5-9-17(18)27-21)30(22)19-11-7-4-8-16(19)25/h4-11,14H,12-13H2,1-3H3. The van der Waals surface area contributed by atoms with Crippen LogP contribution in [0.1, 0.15) is 26.1 Å². The molecule has 5 rings (SSSR count). The van der Waals surface area contributed by atoms with Crippen molar-refractivity contribution in [3.05, 3.63) is 69.7 Å². The van der Waals surface area contributed by atoms with Gasteiger partial charge in [-0.3, -0.25) is 13.9 Å². The average molecular weight is 432 g/mol. The maximum Gasteiger partial charge on any atom is 0.265 e. The van der Waals surface area contributed by atoms with Crippen LogP contribution in [0.25, 0.3) is 38.9 Å². The van der Waals surface area contributed by atoms with Gasteiger partial charge in [0.1, 0.15) is 16.7 Å². The third-order valence-electron chi connectivity index (χ3n) is 5.58. The topological polar surface area (TPSA) is 65.6 Å². The van der Waals surface area contributed by atoms with Gasteiger partial charge in [-0.05, 0) is 43.5 Å². The highest BCUT2D eigenvalue weighted by molar-refractivity contribution is 6.32. The molecule has 0 amide bonds. The van der Waals surface area contributed by atoms with Gasteiger partial charge in [0, 0.05) is 6.54 Å². The van der Waals surface area contributed by atoms with Gasteiger partial charge >= 0.3 is 0 Å². The minimum Gasteiger partial charge on any atom is -0.296 e. The third kappa shape index (κ3) is 3.18. The summed E-state index contributed by atoms with van der Waals surface area (Å²) < 4.78 is 3.60. The molecule has 156 valence electrons. The second kappa shape index (κ2) is 7.46. The molecule has 5 aromatic rings. The summed E-state index contributed by atoms with van der Waals surface area (Å²) in [7, 11) is 0. The van der Waals surface area contributed by atoms with Gasteiger partial charge in [0.2, 0.25) is 0 Å². The van der Waals surface area contributed by atoms with E-state index in [1.54, 1.807) is 4.57 Å². The Morgan fingerprint density at radius 3 is 2.32 bits per heavy atom. The van der Waals surface area contributed by atoms with Crippen LogP contribution in [-0.4, -0.2) is 24.1 Å². The molecule has 0 aliphatic rings. The second-order valence-electron chi connectivity index (χ2n) is 8.17. The number of hydrogen-bond donors (Lipinski definition) is 0. The van der Waals surface area contributed by atoms with Gasteiger partial charge in [-0.15, -0.1) is 0 Å². The Labute approximate surface area is 184 Å². The van der Waals surface area contributed by atoms with Crippen LogP contribution in [0.4, 0.5) is 0 Å². The summed E-state index contributed by atoms with van der Waals surface area (Å²) in [5.41, 5.74) is 3.77. The lowest BCUT2D eigenvalue weighted by atomic mass is 10.1. The van der Waals surface area contributed by atoms with E-state index >= 15 is 0 Å². The number of halogens is 1. The molecule has 31 heavy (non-hydrogen) atoms. The Morgan fingerprint density at radius 2 is 1.61 bits per heavy atom. The molecule has 0 aliphatic carbocycles. The largest absolute Gasteiger partial charge is 0.296 e. The van der Waals surface area contributed by atoms with E-state index < -0.39 is 0 Å². The molecule has 0 N–H and O–H groups in total. The van der Waals surface area contributed by atoms with Crippen molar-refractivity contribution in [1.29, 1.82) is 0 Å². The number of fused-ring (bicyclic) bond motifs is 4. The summed E-state index contributed by atoms with van der Waals surface area (Å²) in [6, 6.07) is 15.2. The van der Waals surface area contributed by atoms with E-state index in [-0.39, 0.29) is 5.56 Å². The van der Waals surface area contributed by atoms with Gasteiger partial charge in [0.05, 0.1) is 21.7 Å². The number of nitrogens with zero attached hydrogens (tertiary/aromatic N) is 5. The molecule has 0 saturated heterocycles. The van der Waals surface area contributed by atoms with E-state index in [4.69, 9.17) is 26.6 Å². The maximum absolute atomic E-state index is 13.7. The molecule has 0 spiro atoms. The van der Waals surface area contributed by atoms with Gasteiger partial charge in [0.15, 0.2) is 11.3 Å². The maximum atomic E-state index is 13.7. The molecule has 7 heteroatoms. The first-order valence-corrected chi connectivity index (χ1v) is 10.8. The molecule has 3 heterocycles. The first kappa shape index (κ1) is 19.7. The van der Waals surface area contributed by atoms with Crippen molar-refractivity contribution in [2.45, 2.75) is 33.7 Å². The predicted octanol–water partition coefficient (Wildman–Crippen LogP) is 5.29. The Balaban J connectivity index is 1.95. The number of hydrogen-bond acceptors (Lipinski definition) is 4. The zero-order chi connectivity index (χ0) is 21.7. The van der Waals surface area contributed by atoms with Crippen molar-refractivity contribution < 1.29 is 0 Å². The molecular formula is C24H22ClN5O. The SMILES string of the molecule is Cc1nc2c(c(=O)n1CCC(C)C)c1nc3ccccc3nc1n2-c1ccccc1Cl. The fourth-order valence-electron chi connectivity index (χ4n) is 3.94. The third-order valence-corrected chi connectivity index (χ3v) is 5.90. The van der Waals surface area contributed by atoms with Crippen LogP contribution in [0.3, 0.4) is 0 Å². The fourth-order valence-corrected chi connectivity index (χ4v) is 4.16. The first-order chi connectivity index (χ1) is 15.0. The van der Waals surface area contributed by atoms with E-state index in [0.717, 1.165) is 23.1 Å². The Hall–Kier alpha value is -3.25. The highest BCUT2D eigenvalue weighted by Crippen LogP contribution is 2.31. The molecule has 0 saturated carbocycles. The van der Waals surface area contributed by atoms with Crippen molar-refractivity contribution in [2.24, 2.45) is 5.92 Å². The van der Waals surface area contributed by atoms with Crippen LogP contribution in [-0.2, 0) is 6.54 Å². The molecule has 6 nitrogen and oxygen atoms in total. The second-order valence-corrected chi connectivity index (χ2v) is 8.58. The normalized spacial score (nSPS) is 11.9. The summed E-state index contributed by atoms with van der Waals surface area (Å²) in [4.78, 5) is 28.2. The van der Waals surface area contributed by atoms with Crippen LogP contribution >= 0.6 is 11.6 Å². The molecule has 0 fully saturated rings. The number of aryl methyl sites for hydroxylation is 1. The molecule has 0 aliphatic heterocycles. The Kier molecular flexibility index (Phi) is 4.74. The van der Waals surface area contributed by atoms with Crippen molar-refractivity contribution in [3.63, 3.8) is 0 Å². The molecular weight excluding hydrogens is 410 g/mol. The molecule has 0 radical (unpaired) electrons. The predicted molar refractivity (Wildman–Crippen MR) is 125 cm³/mol. The zero-order valence-corrected chi connectivity index (χ0v) is 18.4. The van der Waals surface area contributed by atoms with Crippen molar-refractivity contribution >= 4 is 44.8 Å². The van der Waals surface area contributed by atoms with Gasteiger partial charge in [0.25, 0.3) is 5.56 Å². The smallest absolute Gasteiger partial charge is 0.265 e. The highest BCUT2D eigenvalue weighted by Gasteiger charge is 2.23. The van der Waals surface area contributed by atoms with Gasteiger partial charge in [-0.2, -0.15) is 0 Å². The van der Waals surface area contributed by atoms with Crippen molar-refractivity contribution in [1.82, 2.24) is 24.1 Å². The van der Waals surface area contributed by atoms with Crippen LogP contribution in [0.2, 0.25) is 5.02 Å². The lowest BCUT2D eigenvalue weighted by molar-refractivity contribution is 0.498. The number of para-hydroxylation sites is 3. The highest BCUT2D eigenvalue weighted by atomic mass is 35.5. The van der Waals surface area contributed by atoms with Gasteiger partial charge in [-0.1, -0.05) is 49.7 Å². The summed E-state index contributed by atoms with van der Waals surface area (Å²) >= 11 is 6.55. The van der Waals surface area contributed by atoms with E-state index in [0.29, 0.717) is 45.5 Å². The lowest BCUT2D eigenvalue weighted by Gasteiger charge is -2.12. The minimum absolute atomic E-state index is 0.0939. The van der Waals surface area contributed by atoms with Crippen LogP contribution < -0.4 is 5.56 Å². The van der Waals surface area contributed by atoms with E-state index in [1.165, 1.54) is 0 Å². The molecule has 0 atom stereocenters. The van der Waals surface area contributed by atoms with Crippen molar-refractivity contribution in [2.75, 3.05) is 0 Å². The first-order valence-electron chi connectivity index (χ1n) is 10.4. The lowest BCUT2D eigenvalue weighted by Crippen LogP contribution is -2.24. The monoisotopic (exact) mass is 431 g/mol. The fraction of sp³-hybridized carbons (Fsp3) is 0.250. The van der Waals surface area contributed by atoms with Crippen molar-refractivity contribution in [3.8, 4) is 5.69 Å². The van der Waals surface area contributed by atoms with E-state index in [9.17, 15) is 4.79 Å². The van der Waals surface area contributed by atoms with Crippen LogP contribution in [0, 0.1) is 12.8 Å². The Morgan fingerprint density at radius 1 is 0.935 bits per heavy atom. The quantitative estimate of drug-likeness (QED) is 0.387. The van der Waals surface area contributed by atoms with Gasteiger partial charge < -0.3 is 0 Å². The summed E-state index contributed by atoms with van der Waals surface area (Å²) in [6.07, 6.45) is 0.895. The summed E-state index contributed by atoms with van der Waals surface area (Å²) in [5, 5.41) is 1.03. The number of aromatic nitrogens is 5. The average Bonchev–Trinajstić information content (AvgIpc) is 3.05. The van der Waals surface area contributed by atoms with Crippen LogP contribution in [0.5, 0.6) is 0 Å².